The molecule has 2 aromatic carbocycles. The van der Waals surface area contributed by atoms with Crippen molar-refractivity contribution in [3.63, 3.8) is 0 Å². The van der Waals surface area contributed by atoms with E-state index in [1.54, 1.807) is 4.90 Å². The molecule has 0 saturated carbocycles. The number of piperazine rings is 1. The first-order chi connectivity index (χ1) is 15.4. The molecular formula is C23H26F2N4O3. The van der Waals surface area contributed by atoms with Gasteiger partial charge in [0.05, 0.1) is 13.1 Å². The van der Waals surface area contributed by atoms with Gasteiger partial charge in [0.15, 0.2) is 11.6 Å². The number of halogens is 2. The molecule has 1 saturated heterocycles. The topological polar surface area (TPSA) is 81.8 Å². The lowest BCUT2D eigenvalue weighted by molar-refractivity contribution is -0.125. The zero-order chi connectivity index (χ0) is 23.1. The van der Waals surface area contributed by atoms with Crippen molar-refractivity contribution in [2.45, 2.75) is 13.3 Å². The summed E-state index contributed by atoms with van der Waals surface area (Å²) in [6.07, 6.45) is 0.918. The molecule has 2 aromatic rings. The molecule has 3 rings (SSSR count). The second-order valence-corrected chi connectivity index (χ2v) is 7.57. The fourth-order valence-corrected chi connectivity index (χ4v) is 3.39. The summed E-state index contributed by atoms with van der Waals surface area (Å²) in [6.45, 7) is 4.00. The van der Waals surface area contributed by atoms with Crippen LogP contribution in [0, 0.1) is 11.6 Å². The van der Waals surface area contributed by atoms with E-state index in [0.29, 0.717) is 31.7 Å². The van der Waals surface area contributed by atoms with Gasteiger partial charge >= 0.3 is 0 Å². The minimum Gasteiger partial charge on any atom is -0.346 e. The second kappa shape index (κ2) is 10.8. The van der Waals surface area contributed by atoms with Crippen molar-refractivity contribution < 1.29 is 23.2 Å². The van der Waals surface area contributed by atoms with E-state index in [1.807, 2.05) is 29.2 Å². The number of hydrogen-bond donors (Lipinski definition) is 2. The Balaban J connectivity index is 1.38. The monoisotopic (exact) mass is 444 g/mol. The van der Waals surface area contributed by atoms with E-state index in [2.05, 4.69) is 17.6 Å². The third-order valence-corrected chi connectivity index (χ3v) is 5.29. The molecule has 0 radical (unpaired) electrons. The number of nitrogens with zero attached hydrogens (tertiary/aromatic N) is 2. The molecular weight excluding hydrogens is 418 g/mol. The van der Waals surface area contributed by atoms with Crippen LogP contribution in [0.15, 0.2) is 42.5 Å². The van der Waals surface area contributed by atoms with Gasteiger partial charge in [-0.25, -0.2) is 8.78 Å². The summed E-state index contributed by atoms with van der Waals surface area (Å²) in [7, 11) is 0. The van der Waals surface area contributed by atoms with Gasteiger partial charge in [0.2, 0.25) is 11.8 Å². The van der Waals surface area contributed by atoms with E-state index in [9.17, 15) is 23.2 Å². The van der Waals surface area contributed by atoms with E-state index in [1.165, 1.54) is 11.6 Å². The van der Waals surface area contributed by atoms with Crippen molar-refractivity contribution in [1.82, 2.24) is 15.1 Å². The maximum Gasteiger partial charge on any atom is 0.253 e. The predicted octanol–water partition coefficient (Wildman–Crippen LogP) is 2.04. The van der Waals surface area contributed by atoms with E-state index >= 15 is 0 Å². The van der Waals surface area contributed by atoms with Gasteiger partial charge < -0.3 is 15.5 Å². The Hall–Kier alpha value is -3.33. The number of rotatable bonds is 7. The van der Waals surface area contributed by atoms with Crippen molar-refractivity contribution >= 4 is 23.4 Å². The molecule has 0 aliphatic carbocycles. The highest BCUT2D eigenvalue weighted by atomic mass is 19.2. The predicted molar refractivity (Wildman–Crippen MR) is 116 cm³/mol. The lowest BCUT2D eigenvalue weighted by Crippen LogP contribution is -2.51. The molecule has 0 unspecified atom stereocenters. The second-order valence-electron chi connectivity index (χ2n) is 7.57. The van der Waals surface area contributed by atoms with Crippen LogP contribution in [0.1, 0.15) is 22.8 Å². The SMILES string of the molecule is CCc1ccc(C(=O)N2CCN(CC(=O)NCC(=O)Nc3ccc(F)c(F)c3)CC2)cc1. The molecule has 32 heavy (non-hydrogen) atoms. The summed E-state index contributed by atoms with van der Waals surface area (Å²) in [5.41, 5.74) is 1.93. The van der Waals surface area contributed by atoms with Crippen LogP contribution in [0.3, 0.4) is 0 Å². The summed E-state index contributed by atoms with van der Waals surface area (Å²) >= 11 is 0. The third kappa shape index (κ3) is 6.34. The smallest absolute Gasteiger partial charge is 0.253 e. The first-order valence-corrected chi connectivity index (χ1v) is 10.5. The van der Waals surface area contributed by atoms with Gasteiger partial charge in [-0.15, -0.1) is 0 Å². The van der Waals surface area contributed by atoms with Crippen LogP contribution in [0.2, 0.25) is 0 Å². The normalized spacial score (nSPS) is 14.2. The summed E-state index contributed by atoms with van der Waals surface area (Å²) in [6, 6.07) is 10.6. The molecule has 0 spiro atoms. The van der Waals surface area contributed by atoms with Gasteiger partial charge in [-0.2, -0.15) is 0 Å². The number of aryl methyl sites for hydroxylation is 1. The van der Waals surface area contributed by atoms with Gasteiger partial charge in [-0.05, 0) is 36.2 Å². The minimum atomic E-state index is -1.07. The first-order valence-electron chi connectivity index (χ1n) is 10.5. The van der Waals surface area contributed by atoms with Gasteiger partial charge in [-0.3, -0.25) is 19.3 Å². The number of nitrogens with one attached hydrogen (secondary N) is 2. The minimum absolute atomic E-state index is 0.0225. The highest BCUT2D eigenvalue weighted by Gasteiger charge is 2.23. The molecule has 7 nitrogen and oxygen atoms in total. The third-order valence-electron chi connectivity index (χ3n) is 5.29. The maximum atomic E-state index is 13.2. The molecule has 3 amide bonds. The lowest BCUT2D eigenvalue weighted by atomic mass is 10.1. The van der Waals surface area contributed by atoms with Crippen LogP contribution in [-0.4, -0.2) is 66.8 Å². The number of anilines is 1. The Morgan fingerprint density at radius 1 is 0.906 bits per heavy atom. The zero-order valence-corrected chi connectivity index (χ0v) is 17.9. The molecule has 2 N–H and O–H groups in total. The van der Waals surface area contributed by atoms with Crippen LogP contribution in [0.4, 0.5) is 14.5 Å². The van der Waals surface area contributed by atoms with Crippen LogP contribution in [0.5, 0.6) is 0 Å². The van der Waals surface area contributed by atoms with Crippen molar-refractivity contribution in [3.05, 3.63) is 65.2 Å². The number of hydrogen-bond acceptors (Lipinski definition) is 4. The maximum absolute atomic E-state index is 13.2. The van der Waals surface area contributed by atoms with E-state index in [0.717, 1.165) is 18.6 Å². The van der Waals surface area contributed by atoms with Crippen molar-refractivity contribution in [3.8, 4) is 0 Å². The lowest BCUT2D eigenvalue weighted by Gasteiger charge is -2.34. The van der Waals surface area contributed by atoms with Gasteiger partial charge in [0.1, 0.15) is 0 Å². The van der Waals surface area contributed by atoms with Crippen LogP contribution in [0.25, 0.3) is 0 Å². The molecule has 1 fully saturated rings. The Kier molecular flexibility index (Phi) is 7.88. The van der Waals surface area contributed by atoms with E-state index < -0.39 is 17.5 Å². The van der Waals surface area contributed by atoms with Crippen molar-refractivity contribution in [2.75, 3.05) is 44.6 Å². The van der Waals surface area contributed by atoms with Crippen LogP contribution < -0.4 is 10.6 Å². The quantitative estimate of drug-likeness (QED) is 0.685. The summed E-state index contributed by atoms with van der Waals surface area (Å²) in [4.78, 5) is 40.4. The van der Waals surface area contributed by atoms with Crippen molar-refractivity contribution in [2.24, 2.45) is 0 Å². The summed E-state index contributed by atoms with van der Waals surface area (Å²) in [5, 5.41) is 4.90. The molecule has 1 aliphatic heterocycles. The molecule has 9 heteroatoms. The van der Waals surface area contributed by atoms with Gasteiger partial charge in [-0.1, -0.05) is 19.1 Å². The number of carbonyl (C=O) groups is 3. The summed E-state index contributed by atoms with van der Waals surface area (Å²) in [5.74, 6) is -2.98. The van der Waals surface area contributed by atoms with E-state index in [4.69, 9.17) is 0 Å². The Labute approximate surface area is 185 Å². The molecule has 0 aromatic heterocycles. The van der Waals surface area contributed by atoms with E-state index in [-0.39, 0.29) is 30.6 Å². The number of benzene rings is 2. The molecule has 1 heterocycles. The van der Waals surface area contributed by atoms with Crippen LogP contribution in [-0.2, 0) is 16.0 Å². The highest BCUT2D eigenvalue weighted by molar-refractivity contribution is 5.95. The van der Waals surface area contributed by atoms with Gasteiger partial charge in [0, 0.05) is 43.5 Å². The standard InChI is InChI=1S/C23H26F2N4O3/c1-2-16-3-5-17(6-4-16)23(32)29-11-9-28(10-12-29)15-22(31)26-14-21(30)27-18-7-8-19(24)20(25)13-18/h3-8,13H,2,9-12,14-15H2,1H3,(H,26,31)(H,27,30). The number of amides is 3. The molecule has 170 valence electrons. The van der Waals surface area contributed by atoms with Gasteiger partial charge in [0.25, 0.3) is 5.91 Å². The molecule has 1 aliphatic rings. The number of carbonyl (C=O) groups excluding carboxylic acids is 3. The Bertz CT molecular complexity index is 974. The average Bonchev–Trinajstić information content (AvgIpc) is 2.80. The highest BCUT2D eigenvalue weighted by Crippen LogP contribution is 2.13. The van der Waals surface area contributed by atoms with Crippen LogP contribution >= 0.6 is 0 Å². The molecule has 0 bridgehead atoms. The fraction of sp³-hybridized carbons (Fsp3) is 0.348. The fourth-order valence-electron chi connectivity index (χ4n) is 3.39. The Morgan fingerprint density at radius 3 is 2.22 bits per heavy atom. The Morgan fingerprint density at radius 2 is 1.59 bits per heavy atom. The summed E-state index contributed by atoms with van der Waals surface area (Å²) < 4.78 is 26.1. The zero-order valence-electron chi connectivity index (χ0n) is 17.9. The molecule has 0 atom stereocenters. The first kappa shape index (κ1) is 23.3. The van der Waals surface area contributed by atoms with Crippen molar-refractivity contribution in [1.29, 1.82) is 0 Å². The average molecular weight is 444 g/mol. The largest absolute Gasteiger partial charge is 0.346 e.